The van der Waals surface area contributed by atoms with Crippen LogP contribution in [0, 0.1) is 11.3 Å². The van der Waals surface area contributed by atoms with Gasteiger partial charge in [0.25, 0.3) is 0 Å². The molecular formula is C34H31N6O7P. The minimum Gasteiger partial charge on any atom is -0.411 e. The van der Waals surface area contributed by atoms with Gasteiger partial charge in [0, 0.05) is 12.4 Å². The van der Waals surface area contributed by atoms with Gasteiger partial charge in [0.15, 0.2) is 0 Å². The Kier molecular flexibility index (Phi) is 13.6. The third-order valence-electron chi connectivity index (χ3n) is 6.28. The normalized spacial score (nSPS) is 10.3. The number of nitriles is 1. The van der Waals surface area contributed by atoms with Gasteiger partial charge in [-0.05, 0) is 37.7 Å². The second kappa shape index (κ2) is 18.0. The molecule has 5 aromatic rings. The first kappa shape index (κ1) is 36.2. The van der Waals surface area contributed by atoms with Gasteiger partial charge in [-0.3, -0.25) is 37.9 Å². The number of nitrogens with one attached hydrogen (secondary N) is 2. The summed E-state index contributed by atoms with van der Waals surface area (Å²) in [5.74, 6) is -0.579. The maximum atomic E-state index is 11.3. The van der Waals surface area contributed by atoms with Crippen molar-refractivity contribution in [2.24, 2.45) is 5.16 Å². The van der Waals surface area contributed by atoms with Crippen LogP contribution in [0.5, 0.6) is 0 Å². The first-order chi connectivity index (χ1) is 23.1. The molecule has 0 aliphatic heterocycles. The zero-order valence-electron chi connectivity index (χ0n) is 25.9. The van der Waals surface area contributed by atoms with Crippen molar-refractivity contribution in [2.45, 2.75) is 26.9 Å². The first-order valence-electron chi connectivity index (χ1n) is 14.2. The molecule has 5 rings (SSSR count). The molecule has 48 heavy (non-hydrogen) atoms. The Bertz CT molecular complexity index is 2060. The maximum Gasteiger partial charge on any atom is 0.317 e. The van der Waals surface area contributed by atoms with E-state index in [1.165, 1.54) is 36.0 Å². The van der Waals surface area contributed by atoms with Crippen molar-refractivity contribution in [2.75, 3.05) is 0 Å². The molecule has 0 saturated carbocycles. The van der Waals surface area contributed by atoms with Crippen LogP contribution in [0.25, 0.3) is 0 Å². The van der Waals surface area contributed by atoms with Gasteiger partial charge in [-0.25, -0.2) is 0 Å². The smallest absolute Gasteiger partial charge is 0.317 e. The fourth-order valence-electron chi connectivity index (χ4n) is 4.23. The van der Waals surface area contributed by atoms with E-state index in [-0.39, 0.29) is 36.0 Å². The average molecular weight is 667 g/mol. The van der Waals surface area contributed by atoms with Gasteiger partial charge in [-0.1, -0.05) is 96.2 Å². The lowest BCUT2D eigenvalue weighted by atomic mass is 10.4. The van der Waals surface area contributed by atoms with Crippen molar-refractivity contribution >= 4 is 41.6 Å². The Labute approximate surface area is 274 Å². The number of hydrogen-bond donors (Lipinski definition) is 3. The molecule has 0 amide bonds. The Morgan fingerprint density at radius 3 is 1.52 bits per heavy atom. The molecule has 13 nitrogen and oxygen atoms in total. The summed E-state index contributed by atoms with van der Waals surface area (Å²) in [6.07, 6.45) is 3.25. The number of nitrogens with zero attached hydrogens (tertiary/aromatic N) is 4. The number of carbonyl (C=O) groups is 2. The van der Waals surface area contributed by atoms with E-state index in [1.54, 1.807) is 6.07 Å². The van der Waals surface area contributed by atoms with E-state index in [0.717, 1.165) is 21.5 Å². The highest BCUT2D eigenvalue weighted by Gasteiger charge is 2.15. The predicted molar refractivity (Wildman–Crippen MR) is 183 cm³/mol. The van der Waals surface area contributed by atoms with Gasteiger partial charge in [0.2, 0.25) is 0 Å². The minimum atomic E-state index is -0.890. The SMILES string of the molecule is CC(=O)Cn1c(/C=N/O)c[nH]c(=O)c1=O.CC(=O)Cn1c(C#N)c[nH]c(=O)c1=O.c1ccc(P(c2ccccc2)c2ccccc2)cc1. The molecule has 14 heteroatoms. The highest BCUT2D eigenvalue weighted by Crippen LogP contribution is 2.32. The van der Waals surface area contributed by atoms with E-state index in [1.807, 2.05) is 0 Å². The van der Waals surface area contributed by atoms with Crippen molar-refractivity contribution in [3.63, 3.8) is 0 Å². The highest BCUT2D eigenvalue weighted by molar-refractivity contribution is 7.79. The van der Waals surface area contributed by atoms with Gasteiger partial charge in [0.05, 0.1) is 25.0 Å². The van der Waals surface area contributed by atoms with E-state index in [0.29, 0.717) is 0 Å². The zero-order valence-corrected chi connectivity index (χ0v) is 26.8. The monoisotopic (exact) mass is 666 g/mol. The van der Waals surface area contributed by atoms with Gasteiger partial charge in [0.1, 0.15) is 23.3 Å². The predicted octanol–water partition coefficient (Wildman–Crippen LogP) is 1.38. The lowest BCUT2D eigenvalue weighted by Crippen LogP contribution is -2.38. The molecule has 0 unspecified atom stereocenters. The molecular weight excluding hydrogens is 635 g/mol. The number of carbonyl (C=O) groups excluding carboxylic acids is 2. The van der Waals surface area contributed by atoms with Crippen LogP contribution in [0.15, 0.2) is 128 Å². The number of oxime groups is 1. The largest absolute Gasteiger partial charge is 0.411 e. The van der Waals surface area contributed by atoms with E-state index >= 15 is 0 Å². The third kappa shape index (κ3) is 10.1. The lowest BCUT2D eigenvalue weighted by Gasteiger charge is -2.18. The second-order valence-electron chi connectivity index (χ2n) is 9.93. The van der Waals surface area contributed by atoms with Crippen molar-refractivity contribution in [1.29, 1.82) is 5.26 Å². The molecule has 244 valence electrons. The van der Waals surface area contributed by atoms with E-state index < -0.39 is 30.2 Å². The summed E-state index contributed by atoms with van der Waals surface area (Å²) >= 11 is 0. The van der Waals surface area contributed by atoms with Crippen molar-refractivity contribution < 1.29 is 14.8 Å². The van der Waals surface area contributed by atoms with Crippen LogP contribution in [0.4, 0.5) is 0 Å². The molecule has 0 spiro atoms. The van der Waals surface area contributed by atoms with Crippen LogP contribution in [0.1, 0.15) is 25.2 Å². The minimum absolute atomic E-state index is 0.0372. The summed E-state index contributed by atoms with van der Waals surface area (Å²) in [5, 5.41) is 23.8. The van der Waals surface area contributed by atoms with Crippen LogP contribution in [-0.2, 0) is 22.7 Å². The van der Waals surface area contributed by atoms with Crippen molar-refractivity contribution in [3.05, 3.63) is 156 Å². The summed E-state index contributed by atoms with van der Waals surface area (Å²) < 4.78 is 1.78. The van der Waals surface area contributed by atoms with E-state index in [4.69, 9.17) is 10.5 Å². The number of rotatable bonds is 8. The topological polar surface area (TPSA) is 200 Å². The highest BCUT2D eigenvalue weighted by atomic mass is 31.1. The van der Waals surface area contributed by atoms with Gasteiger partial charge < -0.3 is 15.2 Å². The van der Waals surface area contributed by atoms with Crippen molar-refractivity contribution in [1.82, 2.24) is 19.1 Å². The molecule has 0 atom stereocenters. The molecule has 0 bridgehead atoms. The Morgan fingerprint density at radius 2 is 1.12 bits per heavy atom. The average Bonchev–Trinajstić information content (AvgIpc) is 3.09. The standard InChI is InChI=1S/C18H15P.C8H9N3O4.C8H7N3O3/c1-4-10-16(11-5-1)19(17-12-6-2-7-13-17)18-14-8-3-9-15-18;1-5(12)4-11-6(3-10-15)2-9-7(13)8(11)14;1-5(12)4-11-6(2-9)3-10-7(13)8(11)14/h1-15H;2-3,15H,4H2,1H3,(H,9,13);3H,4H2,1H3,(H,10,13)/b;10-3+;. The number of aromatic nitrogens is 4. The van der Waals surface area contributed by atoms with Crippen LogP contribution >= 0.6 is 7.92 Å². The molecule has 3 aromatic carbocycles. The first-order valence-corrected chi connectivity index (χ1v) is 15.6. The summed E-state index contributed by atoms with van der Waals surface area (Å²) in [4.78, 5) is 70.3. The van der Waals surface area contributed by atoms with Crippen LogP contribution in [0.2, 0.25) is 0 Å². The zero-order chi connectivity index (χ0) is 35.1. The summed E-state index contributed by atoms with van der Waals surface area (Å²) in [6.45, 7) is 2.07. The number of ketones is 2. The molecule has 3 N–H and O–H groups in total. The molecule has 0 fully saturated rings. The van der Waals surface area contributed by atoms with Crippen molar-refractivity contribution in [3.8, 4) is 6.07 Å². The Balaban J connectivity index is 0.000000199. The van der Waals surface area contributed by atoms with Crippen LogP contribution < -0.4 is 38.2 Å². The molecule has 2 heterocycles. The fourth-order valence-corrected chi connectivity index (χ4v) is 6.53. The van der Waals surface area contributed by atoms with Gasteiger partial charge in [-0.2, -0.15) is 5.26 Å². The maximum absolute atomic E-state index is 11.3. The number of aromatic amines is 2. The van der Waals surface area contributed by atoms with E-state index in [2.05, 4.69) is 106 Å². The summed E-state index contributed by atoms with van der Waals surface area (Å²) in [6, 6.07) is 34.0. The lowest BCUT2D eigenvalue weighted by molar-refractivity contribution is -0.118. The number of benzene rings is 3. The molecule has 0 aliphatic carbocycles. The van der Waals surface area contributed by atoms with Crippen LogP contribution in [0.3, 0.4) is 0 Å². The molecule has 0 radical (unpaired) electrons. The second-order valence-corrected chi connectivity index (χ2v) is 12.2. The quantitative estimate of drug-likeness (QED) is 0.0725. The number of Topliss-reactive ketones (excluding diaryl/α,β-unsaturated/α-hetero) is 2. The molecule has 2 aromatic heterocycles. The Hall–Kier alpha value is -6.25. The summed E-state index contributed by atoms with van der Waals surface area (Å²) in [5.41, 5.74) is -3.31. The van der Waals surface area contributed by atoms with E-state index in [9.17, 15) is 28.8 Å². The third-order valence-corrected chi connectivity index (χ3v) is 8.73. The number of H-pyrrole nitrogens is 2. The van der Waals surface area contributed by atoms with Gasteiger partial charge >= 0.3 is 22.2 Å². The molecule has 0 aliphatic rings. The molecule has 0 saturated heterocycles. The Morgan fingerprint density at radius 1 is 0.729 bits per heavy atom. The number of hydrogen-bond acceptors (Lipinski definition) is 9. The van der Waals surface area contributed by atoms with Gasteiger partial charge in [-0.15, -0.1) is 0 Å². The van der Waals surface area contributed by atoms with Crippen LogP contribution in [-0.4, -0.2) is 42.1 Å². The summed E-state index contributed by atoms with van der Waals surface area (Å²) in [7, 11) is -0.446. The fraction of sp³-hybridized carbons (Fsp3) is 0.118.